The molecule has 0 aliphatic carbocycles. The first kappa shape index (κ1) is 19.9. The lowest BCUT2D eigenvalue weighted by molar-refractivity contribution is 0.0600. The number of amides is 2. The van der Waals surface area contributed by atoms with Crippen molar-refractivity contribution in [1.29, 1.82) is 0 Å². The Bertz CT molecular complexity index is 950. The number of hydrogen-bond acceptors (Lipinski definition) is 4. The lowest BCUT2D eigenvalue weighted by Gasteiger charge is -2.39. The zero-order chi connectivity index (χ0) is 20.6. The fourth-order valence-electron chi connectivity index (χ4n) is 3.23. The smallest absolute Gasteiger partial charge is 0.337 e. The number of benzene rings is 2. The first-order chi connectivity index (χ1) is 13.3. The second-order valence-corrected chi connectivity index (χ2v) is 6.87. The summed E-state index contributed by atoms with van der Waals surface area (Å²) in [5.41, 5.74) is 1.77. The Labute approximate surface area is 167 Å². The molecular formula is C20H20ClFN2O4. The van der Waals surface area contributed by atoms with E-state index >= 15 is 0 Å². The number of halogens is 2. The molecule has 148 valence electrons. The predicted molar refractivity (Wildman–Crippen MR) is 104 cm³/mol. The molecule has 3 rings (SSSR count). The van der Waals surface area contributed by atoms with Crippen LogP contribution in [0.15, 0.2) is 30.3 Å². The molecule has 6 nitrogen and oxygen atoms in total. The van der Waals surface area contributed by atoms with Crippen LogP contribution in [0.25, 0.3) is 0 Å². The summed E-state index contributed by atoms with van der Waals surface area (Å²) in [4.78, 5) is 27.9. The fraction of sp³-hybridized carbons (Fsp3) is 0.300. The third-order valence-electron chi connectivity index (χ3n) is 4.99. The van der Waals surface area contributed by atoms with Crippen LogP contribution in [0.2, 0.25) is 5.02 Å². The predicted octanol–water partition coefficient (Wildman–Crippen LogP) is 4.41. The van der Waals surface area contributed by atoms with Crippen LogP contribution in [0.5, 0.6) is 5.75 Å². The molecule has 1 aliphatic heterocycles. The number of rotatable bonds is 4. The van der Waals surface area contributed by atoms with Gasteiger partial charge in [-0.05, 0) is 36.8 Å². The van der Waals surface area contributed by atoms with Crippen LogP contribution in [0.3, 0.4) is 0 Å². The first-order valence-electron chi connectivity index (χ1n) is 8.57. The van der Waals surface area contributed by atoms with Gasteiger partial charge in [-0.25, -0.2) is 14.0 Å². The number of ether oxygens (including phenoxy) is 2. The van der Waals surface area contributed by atoms with Gasteiger partial charge in [-0.2, -0.15) is 0 Å². The van der Waals surface area contributed by atoms with Gasteiger partial charge in [-0.3, -0.25) is 4.90 Å². The van der Waals surface area contributed by atoms with E-state index in [0.29, 0.717) is 11.3 Å². The standard InChI is InChI=1S/C20H20ClFN2O4/c1-11-13-6-5-12(19(25)28-4)9-16(13)24(20(26)23(11)2)10-14-15(21)7-8-17(27-3)18(14)22/h5-9,11H,10H2,1-4H3/t11-/m0/s1. The van der Waals surface area contributed by atoms with Crippen LogP contribution >= 0.6 is 11.6 Å². The monoisotopic (exact) mass is 406 g/mol. The summed E-state index contributed by atoms with van der Waals surface area (Å²) in [6.45, 7) is 1.76. The largest absolute Gasteiger partial charge is 0.494 e. The maximum atomic E-state index is 14.8. The lowest BCUT2D eigenvalue weighted by Crippen LogP contribution is -2.46. The summed E-state index contributed by atoms with van der Waals surface area (Å²) in [6.07, 6.45) is 0. The van der Waals surface area contributed by atoms with Crippen molar-refractivity contribution in [2.75, 3.05) is 26.2 Å². The van der Waals surface area contributed by atoms with Gasteiger partial charge in [0.1, 0.15) is 0 Å². The highest BCUT2D eigenvalue weighted by atomic mass is 35.5. The molecule has 0 spiro atoms. The quantitative estimate of drug-likeness (QED) is 0.706. The van der Waals surface area contributed by atoms with Gasteiger partial charge in [-0.15, -0.1) is 0 Å². The van der Waals surface area contributed by atoms with Gasteiger partial charge in [0.05, 0.1) is 38.1 Å². The van der Waals surface area contributed by atoms with E-state index in [1.807, 2.05) is 6.92 Å². The summed E-state index contributed by atoms with van der Waals surface area (Å²) in [6, 6.07) is 7.39. The Kier molecular flexibility index (Phi) is 5.47. The number of methoxy groups -OCH3 is 2. The van der Waals surface area contributed by atoms with E-state index in [2.05, 4.69) is 0 Å². The zero-order valence-electron chi connectivity index (χ0n) is 16.0. The van der Waals surface area contributed by atoms with Gasteiger partial charge in [0.25, 0.3) is 0 Å². The van der Waals surface area contributed by atoms with Gasteiger partial charge < -0.3 is 14.4 Å². The van der Waals surface area contributed by atoms with Gasteiger partial charge >= 0.3 is 12.0 Å². The van der Waals surface area contributed by atoms with Crippen molar-refractivity contribution in [1.82, 2.24) is 4.90 Å². The van der Waals surface area contributed by atoms with E-state index in [1.54, 1.807) is 30.1 Å². The second-order valence-electron chi connectivity index (χ2n) is 6.46. The van der Waals surface area contributed by atoms with Gasteiger partial charge in [0.15, 0.2) is 11.6 Å². The number of nitrogens with zero attached hydrogens (tertiary/aromatic N) is 2. The van der Waals surface area contributed by atoms with Crippen molar-refractivity contribution in [2.45, 2.75) is 19.5 Å². The Balaban J connectivity index is 2.13. The van der Waals surface area contributed by atoms with Crippen molar-refractivity contribution in [3.05, 3.63) is 57.9 Å². The number of esters is 1. The number of urea groups is 1. The van der Waals surface area contributed by atoms with Crippen molar-refractivity contribution in [2.24, 2.45) is 0 Å². The number of carbonyl (C=O) groups is 2. The number of anilines is 1. The van der Waals surface area contributed by atoms with Crippen molar-refractivity contribution in [3.8, 4) is 5.75 Å². The van der Waals surface area contributed by atoms with Crippen molar-refractivity contribution in [3.63, 3.8) is 0 Å². The van der Waals surface area contributed by atoms with E-state index in [0.717, 1.165) is 5.56 Å². The minimum atomic E-state index is -0.630. The summed E-state index contributed by atoms with van der Waals surface area (Å²) >= 11 is 6.20. The SMILES string of the molecule is COC(=O)c1ccc2c(c1)N(Cc1c(Cl)ccc(OC)c1F)C(=O)N(C)[C@H]2C. The Morgan fingerprint density at radius 3 is 2.61 bits per heavy atom. The molecule has 2 aromatic rings. The van der Waals surface area contributed by atoms with Crippen LogP contribution in [0, 0.1) is 5.82 Å². The molecular weight excluding hydrogens is 387 g/mol. The minimum absolute atomic E-state index is 0.0362. The highest BCUT2D eigenvalue weighted by Crippen LogP contribution is 2.38. The van der Waals surface area contributed by atoms with E-state index < -0.39 is 11.8 Å². The van der Waals surface area contributed by atoms with Gasteiger partial charge in [0.2, 0.25) is 0 Å². The van der Waals surface area contributed by atoms with Crippen LogP contribution < -0.4 is 9.64 Å². The molecule has 2 aromatic carbocycles. The average molecular weight is 407 g/mol. The van der Waals surface area contributed by atoms with Crippen molar-refractivity contribution < 1.29 is 23.5 Å². The highest BCUT2D eigenvalue weighted by molar-refractivity contribution is 6.31. The molecule has 0 N–H and O–H groups in total. The molecule has 1 heterocycles. The number of carbonyl (C=O) groups excluding carboxylic acids is 2. The van der Waals surface area contributed by atoms with E-state index in [4.69, 9.17) is 21.1 Å². The van der Waals surface area contributed by atoms with Gasteiger partial charge in [-0.1, -0.05) is 17.7 Å². The molecule has 1 atom stereocenters. The van der Waals surface area contributed by atoms with E-state index in [9.17, 15) is 14.0 Å². The Morgan fingerprint density at radius 2 is 1.96 bits per heavy atom. The third-order valence-corrected chi connectivity index (χ3v) is 5.35. The number of fused-ring (bicyclic) bond motifs is 1. The normalized spacial score (nSPS) is 16.1. The maximum absolute atomic E-state index is 14.8. The third kappa shape index (κ3) is 3.26. The molecule has 0 aromatic heterocycles. The van der Waals surface area contributed by atoms with Crippen LogP contribution in [0.1, 0.15) is 34.5 Å². The first-order valence-corrected chi connectivity index (χ1v) is 8.95. The lowest BCUT2D eigenvalue weighted by atomic mass is 9.98. The molecule has 0 bridgehead atoms. The summed E-state index contributed by atoms with van der Waals surface area (Å²) in [5.74, 6) is -1.11. The molecule has 0 unspecified atom stereocenters. The topological polar surface area (TPSA) is 59.1 Å². The summed E-state index contributed by atoms with van der Waals surface area (Å²) in [5, 5.41) is 0.179. The Morgan fingerprint density at radius 1 is 1.25 bits per heavy atom. The fourth-order valence-corrected chi connectivity index (χ4v) is 3.44. The van der Waals surface area contributed by atoms with Gasteiger partial charge in [0, 0.05) is 17.6 Å². The van der Waals surface area contributed by atoms with Crippen LogP contribution in [-0.4, -0.2) is 38.2 Å². The zero-order valence-corrected chi connectivity index (χ0v) is 16.7. The van der Waals surface area contributed by atoms with Crippen molar-refractivity contribution >= 4 is 29.3 Å². The molecule has 0 radical (unpaired) electrons. The molecule has 0 saturated heterocycles. The minimum Gasteiger partial charge on any atom is -0.494 e. The molecule has 28 heavy (non-hydrogen) atoms. The van der Waals surface area contributed by atoms with E-state index in [1.165, 1.54) is 31.3 Å². The second kappa shape index (κ2) is 7.67. The number of hydrogen-bond donors (Lipinski definition) is 0. The molecule has 0 fully saturated rings. The Hall–Kier alpha value is -2.80. The molecule has 0 saturated carbocycles. The molecule has 8 heteroatoms. The summed E-state index contributed by atoms with van der Waals surface area (Å²) < 4.78 is 24.6. The molecule has 2 amide bonds. The maximum Gasteiger partial charge on any atom is 0.337 e. The summed E-state index contributed by atoms with van der Waals surface area (Å²) in [7, 11) is 4.31. The average Bonchev–Trinajstić information content (AvgIpc) is 2.70. The van der Waals surface area contributed by atoms with Crippen LogP contribution in [0.4, 0.5) is 14.9 Å². The van der Waals surface area contributed by atoms with E-state index in [-0.39, 0.29) is 35.0 Å². The highest BCUT2D eigenvalue weighted by Gasteiger charge is 2.34. The van der Waals surface area contributed by atoms with Crippen LogP contribution in [-0.2, 0) is 11.3 Å². The molecule has 1 aliphatic rings.